The molecule has 212 valence electrons. The van der Waals surface area contributed by atoms with Gasteiger partial charge in [-0.3, -0.25) is 0 Å². The molecule has 2 radical (unpaired) electrons. The number of hydrogen-bond acceptors (Lipinski definition) is 2. The first-order valence-electron chi connectivity index (χ1n) is 13.6. The normalized spacial score (nSPS) is 17.0. The standard InChI is InChI=1S/2C17H14N.C2H6Si.2ClH.Zr/c2*1-11-7-8-16-14(9-11)15-10-12-5-3-4-6-13(12)17(15)18(16)2;1-3-2;;;/h2*3-8,10,17H,1-2H3;1-2H3;2*1H;/q2*-1;;;;+2. The van der Waals surface area contributed by atoms with E-state index in [9.17, 15) is 0 Å². The van der Waals surface area contributed by atoms with Crippen molar-refractivity contribution < 1.29 is 26.2 Å². The van der Waals surface area contributed by atoms with Gasteiger partial charge in [0, 0.05) is 21.6 Å². The molecular formula is C36H36Cl2N2SiZr. The van der Waals surface area contributed by atoms with Crippen molar-refractivity contribution in [2.24, 2.45) is 0 Å². The Labute approximate surface area is 285 Å². The molecule has 0 spiro atoms. The van der Waals surface area contributed by atoms with Crippen LogP contribution in [0.5, 0.6) is 0 Å². The van der Waals surface area contributed by atoms with Gasteiger partial charge in [0.1, 0.15) is 0 Å². The molecule has 6 heteroatoms. The summed E-state index contributed by atoms with van der Waals surface area (Å²) in [6.45, 7) is 8.52. The van der Waals surface area contributed by atoms with Gasteiger partial charge < -0.3 is 9.80 Å². The number of halogens is 2. The maximum Gasteiger partial charge on any atom is 2.00 e. The second-order valence-corrected chi connectivity index (χ2v) is 11.8. The average molecular weight is 687 g/mol. The van der Waals surface area contributed by atoms with Crippen molar-refractivity contribution in [2.75, 3.05) is 23.9 Å². The van der Waals surface area contributed by atoms with Crippen molar-refractivity contribution >= 4 is 69.0 Å². The molecule has 0 fully saturated rings. The molecule has 0 saturated carbocycles. The predicted molar refractivity (Wildman–Crippen MR) is 183 cm³/mol. The molecule has 4 aromatic carbocycles. The number of likely N-dealkylation sites (N-methyl/N-ethyl adjacent to an activating group) is 2. The van der Waals surface area contributed by atoms with Crippen molar-refractivity contribution in [3.05, 3.63) is 129 Å². The van der Waals surface area contributed by atoms with Crippen LogP contribution in [0, 0.1) is 26.0 Å². The third kappa shape index (κ3) is 5.76. The van der Waals surface area contributed by atoms with Gasteiger partial charge in [0.15, 0.2) is 0 Å². The smallest absolute Gasteiger partial charge is 0.410 e. The molecule has 0 N–H and O–H groups in total. The number of aryl methyl sites for hydroxylation is 2. The summed E-state index contributed by atoms with van der Waals surface area (Å²) in [5, 5.41) is 0. The van der Waals surface area contributed by atoms with E-state index >= 15 is 0 Å². The van der Waals surface area contributed by atoms with E-state index in [2.05, 4.69) is 148 Å². The molecule has 2 atom stereocenters. The van der Waals surface area contributed by atoms with Crippen molar-refractivity contribution in [1.29, 1.82) is 0 Å². The van der Waals surface area contributed by atoms with Crippen LogP contribution in [0.1, 0.15) is 56.6 Å². The molecule has 2 aliphatic carbocycles. The Hall–Kier alpha value is -2.36. The van der Waals surface area contributed by atoms with Gasteiger partial charge in [-0.2, -0.15) is 0 Å². The Morgan fingerprint density at radius 2 is 0.952 bits per heavy atom. The monoisotopic (exact) mass is 684 g/mol. The summed E-state index contributed by atoms with van der Waals surface area (Å²) < 4.78 is 0. The molecule has 2 nitrogen and oxygen atoms in total. The van der Waals surface area contributed by atoms with Gasteiger partial charge in [0.25, 0.3) is 0 Å². The van der Waals surface area contributed by atoms with Crippen LogP contribution < -0.4 is 9.80 Å². The molecule has 0 aromatic heterocycles. The van der Waals surface area contributed by atoms with E-state index < -0.39 is 0 Å². The molecule has 42 heavy (non-hydrogen) atoms. The van der Waals surface area contributed by atoms with Gasteiger partial charge in [-0.05, 0) is 47.7 Å². The second kappa shape index (κ2) is 14.0. The van der Waals surface area contributed by atoms with Gasteiger partial charge in [0.05, 0.1) is 0 Å². The third-order valence-corrected chi connectivity index (χ3v) is 8.04. The quantitative estimate of drug-likeness (QED) is 0.134. The van der Waals surface area contributed by atoms with Crippen molar-refractivity contribution in [2.45, 2.75) is 39.0 Å². The molecule has 0 bridgehead atoms. The van der Waals surface area contributed by atoms with E-state index in [0.29, 0.717) is 12.1 Å². The second-order valence-electron chi connectivity index (χ2n) is 10.8. The van der Waals surface area contributed by atoms with Crippen LogP contribution in [0.25, 0.3) is 23.3 Å². The third-order valence-electron chi connectivity index (χ3n) is 8.04. The van der Waals surface area contributed by atoms with Crippen molar-refractivity contribution in [3.8, 4) is 0 Å². The molecule has 4 aromatic rings. The first-order valence-corrected chi connectivity index (χ1v) is 15.6. The fraction of sp³-hybridized carbons (Fsp3) is 0.222. The van der Waals surface area contributed by atoms with E-state index in [-0.39, 0.29) is 51.0 Å². The average Bonchev–Trinajstić information content (AvgIpc) is 3.64. The zero-order valence-corrected chi connectivity index (χ0v) is 30.0. The van der Waals surface area contributed by atoms with Gasteiger partial charge in [-0.25, -0.2) is 0 Å². The summed E-state index contributed by atoms with van der Waals surface area (Å²) in [5.41, 5.74) is 15.9. The number of fused-ring (bicyclic) bond motifs is 10. The number of anilines is 2. The molecular weight excluding hydrogens is 651 g/mol. The van der Waals surface area contributed by atoms with Crippen LogP contribution in [-0.4, -0.2) is 23.6 Å². The summed E-state index contributed by atoms with van der Waals surface area (Å²) in [6, 6.07) is 33.8. The van der Waals surface area contributed by atoms with Crippen LogP contribution in [0.15, 0.2) is 72.8 Å². The van der Waals surface area contributed by atoms with Crippen LogP contribution in [0.2, 0.25) is 13.1 Å². The van der Waals surface area contributed by atoms with Gasteiger partial charge in [-0.1, -0.05) is 98.8 Å². The zero-order chi connectivity index (χ0) is 27.3. The first kappa shape index (κ1) is 34.1. The number of rotatable bonds is 0. The minimum absolute atomic E-state index is 0. The molecule has 4 aliphatic rings. The Morgan fingerprint density at radius 3 is 1.33 bits per heavy atom. The SMILES string of the molecule is C[Si]C.Cc1[c-]c2c(cc1)N(C)C1C2=Cc2ccccc21.Cc1[c-]c2c(cc1)N(C)C1C2=Cc2ccccc21.Cl.Cl.[Zr+2]. The Bertz CT molecular complexity index is 1530. The minimum Gasteiger partial charge on any atom is -0.410 e. The fourth-order valence-electron chi connectivity index (χ4n) is 6.35. The predicted octanol–water partition coefficient (Wildman–Crippen LogP) is 9.31. The number of hydrogen-bond donors (Lipinski definition) is 0. The number of benzene rings is 4. The molecule has 8 rings (SSSR count). The maximum atomic E-state index is 3.51. The fourth-order valence-corrected chi connectivity index (χ4v) is 6.35. The molecule has 2 unspecified atom stereocenters. The summed E-state index contributed by atoms with van der Waals surface area (Å²) in [4.78, 5) is 4.73. The summed E-state index contributed by atoms with van der Waals surface area (Å²) >= 11 is 0. The molecule has 0 amide bonds. The van der Waals surface area contributed by atoms with E-state index in [4.69, 9.17) is 0 Å². The van der Waals surface area contributed by atoms with E-state index in [0.717, 1.165) is 9.52 Å². The zero-order valence-electron chi connectivity index (χ0n) is 24.9. The molecule has 2 aliphatic heterocycles. The topological polar surface area (TPSA) is 6.48 Å². The van der Waals surface area contributed by atoms with Crippen molar-refractivity contribution in [1.82, 2.24) is 0 Å². The molecule has 0 saturated heterocycles. The summed E-state index contributed by atoms with van der Waals surface area (Å²) in [7, 11) is 5.44. The van der Waals surface area contributed by atoms with E-state index in [1.807, 2.05) is 0 Å². The number of nitrogens with zero attached hydrogens (tertiary/aromatic N) is 2. The first-order chi connectivity index (χ1) is 18.9. The van der Waals surface area contributed by atoms with Crippen molar-refractivity contribution in [3.63, 3.8) is 0 Å². The van der Waals surface area contributed by atoms with Crippen LogP contribution in [0.4, 0.5) is 11.4 Å². The molecule has 2 heterocycles. The van der Waals surface area contributed by atoms with E-state index in [1.54, 1.807) is 0 Å². The van der Waals surface area contributed by atoms with Crippen LogP contribution >= 0.6 is 24.8 Å². The maximum absolute atomic E-state index is 3.51. The Kier molecular flexibility index (Phi) is 11.3. The Morgan fingerprint density at radius 1 is 0.595 bits per heavy atom. The largest absolute Gasteiger partial charge is 2.00 e. The van der Waals surface area contributed by atoms with Gasteiger partial charge >= 0.3 is 26.2 Å². The van der Waals surface area contributed by atoms with E-state index in [1.165, 1.54) is 67.0 Å². The Balaban J connectivity index is 0.000000198. The van der Waals surface area contributed by atoms with Crippen LogP contribution in [-0.2, 0) is 26.2 Å². The van der Waals surface area contributed by atoms with Gasteiger partial charge in [0.2, 0.25) is 0 Å². The summed E-state index contributed by atoms with van der Waals surface area (Å²) in [6.07, 6.45) is 4.64. The minimum atomic E-state index is 0. The van der Waals surface area contributed by atoms with Crippen LogP contribution in [0.3, 0.4) is 0 Å². The summed E-state index contributed by atoms with van der Waals surface area (Å²) in [5.74, 6) is 0. The van der Waals surface area contributed by atoms with Gasteiger partial charge in [-0.15, -0.1) is 83.5 Å².